The molecular weight excluding hydrogens is 594 g/mol. The van der Waals surface area contributed by atoms with Crippen LogP contribution in [0.25, 0.3) is 50.3 Å². The minimum Gasteiger partial charge on any atom is -0.457 e. The molecule has 7 heteroatoms. The fraction of sp³-hybridized carbons (Fsp3) is 0.0732. The third-order valence-corrected chi connectivity index (χ3v) is 8.30. The van der Waals surface area contributed by atoms with Gasteiger partial charge in [-0.15, -0.1) is 0 Å². The molecule has 7 nitrogen and oxygen atoms in total. The van der Waals surface area contributed by atoms with E-state index in [2.05, 4.69) is 40.5 Å². The third-order valence-electron chi connectivity index (χ3n) is 8.30. The molecule has 4 aromatic carbocycles. The second kappa shape index (κ2) is 12.5. The Morgan fingerprint density at radius 3 is 1.46 bits per heavy atom. The first kappa shape index (κ1) is 29.1. The summed E-state index contributed by atoms with van der Waals surface area (Å²) in [6.45, 7) is 4.27. The van der Waals surface area contributed by atoms with Crippen molar-refractivity contribution in [3.8, 4) is 51.5 Å². The molecule has 0 saturated carbocycles. The maximum absolute atomic E-state index is 6.42. The van der Waals surface area contributed by atoms with E-state index in [1.807, 2.05) is 122 Å². The van der Waals surface area contributed by atoms with Gasteiger partial charge in [-0.05, 0) is 84.3 Å². The summed E-state index contributed by atoms with van der Waals surface area (Å²) in [7, 11) is 0. The van der Waals surface area contributed by atoms with Crippen molar-refractivity contribution >= 4 is 21.8 Å². The maximum Gasteiger partial charge on any atom is 0.234 e. The van der Waals surface area contributed by atoms with Crippen molar-refractivity contribution < 1.29 is 9.47 Å². The van der Waals surface area contributed by atoms with Gasteiger partial charge in [0, 0.05) is 58.8 Å². The van der Waals surface area contributed by atoms with Crippen molar-refractivity contribution in [2.24, 2.45) is 0 Å². The van der Waals surface area contributed by atoms with Gasteiger partial charge in [-0.25, -0.2) is 9.97 Å². The molecule has 0 bridgehead atoms. The average molecular weight is 626 g/mol. The van der Waals surface area contributed by atoms with Gasteiger partial charge >= 0.3 is 0 Å². The molecule has 0 amide bonds. The fourth-order valence-corrected chi connectivity index (χ4v) is 5.84. The Balaban J connectivity index is 1.20. The second-order valence-electron chi connectivity index (χ2n) is 11.9. The van der Waals surface area contributed by atoms with Crippen LogP contribution in [0.2, 0.25) is 0 Å². The molecule has 4 aromatic heterocycles. The number of hydrogen-bond donors (Lipinski definition) is 0. The van der Waals surface area contributed by atoms with Crippen LogP contribution in [-0.4, -0.2) is 24.5 Å². The van der Waals surface area contributed by atoms with Crippen LogP contribution in [0, 0.1) is 0 Å². The Morgan fingerprint density at radius 2 is 1.00 bits per heavy atom. The van der Waals surface area contributed by atoms with Gasteiger partial charge in [0.1, 0.15) is 23.0 Å². The zero-order chi connectivity index (χ0) is 32.5. The molecule has 0 aliphatic heterocycles. The number of rotatable bonds is 8. The molecule has 8 aromatic rings. The van der Waals surface area contributed by atoms with Crippen LogP contribution >= 0.6 is 0 Å². The maximum atomic E-state index is 6.42. The van der Waals surface area contributed by atoms with Gasteiger partial charge in [-0.3, -0.25) is 14.5 Å². The number of benzene rings is 4. The Kier molecular flexibility index (Phi) is 7.55. The highest BCUT2D eigenvalue weighted by atomic mass is 16.5. The lowest BCUT2D eigenvalue weighted by atomic mass is 10.1. The van der Waals surface area contributed by atoms with Gasteiger partial charge in [0.2, 0.25) is 5.95 Å². The summed E-state index contributed by atoms with van der Waals surface area (Å²) in [6.07, 6.45) is 7.39. The van der Waals surface area contributed by atoms with E-state index in [9.17, 15) is 0 Å². The molecule has 0 unspecified atom stereocenters. The standard InChI is InChI=1S/C41H31N5O2/c1-27(2)30-25-44-41(45-26-30)46-39-23-33(47-31-11-7-9-28(21-31)37-13-3-5-19-42-37)15-17-35(39)36-18-16-34(24-40(36)46)48-32-12-8-10-29(22-32)38-14-4-6-20-43-38/h3-27H,1-2H3. The number of fused-ring (bicyclic) bond motifs is 3. The molecule has 4 heterocycles. The van der Waals surface area contributed by atoms with E-state index in [4.69, 9.17) is 19.4 Å². The van der Waals surface area contributed by atoms with Crippen LogP contribution in [0.3, 0.4) is 0 Å². The van der Waals surface area contributed by atoms with E-state index >= 15 is 0 Å². The zero-order valence-electron chi connectivity index (χ0n) is 26.5. The van der Waals surface area contributed by atoms with Crippen molar-refractivity contribution in [1.29, 1.82) is 0 Å². The first-order chi connectivity index (χ1) is 23.6. The van der Waals surface area contributed by atoms with E-state index in [0.29, 0.717) is 23.4 Å². The summed E-state index contributed by atoms with van der Waals surface area (Å²) in [5.74, 6) is 3.74. The van der Waals surface area contributed by atoms with Crippen molar-refractivity contribution in [1.82, 2.24) is 24.5 Å². The van der Waals surface area contributed by atoms with Gasteiger partial charge < -0.3 is 9.47 Å². The summed E-state index contributed by atoms with van der Waals surface area (Å²) in [6, 6.07) is 39.9. The van der Waals surface area contributed by atoms with Crippen molar-refractivity contribution in [3.63, 3.8) is 0 Å². The Labute approximate surface area is 278 Å². The summed E-state index contributed by atoms with van der Waals surface area (Å²) in [4.78, 5) is 18.6. The SMILES string of the molecule is CC(C)c1cnc(-n2c3cc(Oc4cccc(-c5ccccn5)c4)ccc3c3ccc(Oc4cccc(-c5ccccn5)c4)cc32)nc1. The first-order valence-corrected chi connectivity index (χ1v) is 15.9. The summed E-state index contributed by atoms with van der Waals surface area (Å²) in [5, 5.41) is 2.11. The van der Waals surface area contributed by atoms with Crippen molar-refractivity contribution in [2.45, 2.75) is 19.8 Å². The monoisotopic (exact) mass is 625 g/mol. The molecule has 232 valence electrons. The molecule has 0 aliphatic rings. The quantitative estimate of drug-likeness (QED) is 0.167. The zero-order valence-corrected chi connectivity index (χ0v) is 26.5. The predicted octanol–water partition coefficient (Wildman–Crippen LogP) is 10.4. The first-order valence-electron chi connectivity index (χ1n) is 15.9. The molecule has 0 fully saturated rings. The van der Waals surface area contributed by atoms with Gasteiger partial charge in [-0.1, -0.05) is 50.2 Å². The summed E-state index contributed by atoms with van der Waals surface area (Å²) < 4.78 is 14.9. The molecule has 8 rings (SSSR count). The van der Waals surface area contributed by atoms with E-state index in [-0.39, 0.29) is 0 Å². The molecule has 0 saturated heterocycles. The minimum atomic E-state index is 0.320. The largest absolute Gasteiger partial charge is 0.457 e. The highest BCUT2D eigenvalue weighted by molar-refractivity contribution is 6.09. The van der Waals surface area contributed by atoms with Crippen LogP contribution in [0.4, 0.5) is 0 Å². The number of hydrogen-bond acceptors (Lipinski definition) is 6. The van der Waals surface area contributed by atoms with E-state index < -0.39 is 0 Å². The smallest absolute Gasteiger partial charge is 0.234 e. The second-order valence-corrected chi connectivity index (χ2v) is 11.9. The van der Waals surface area contributed by atoms with Crippen LogP contribution < -0.4 is 9.47 Å². The number of pyridine rings is 2. The summed E-state index contributed by atoms with van der Waals surface area (Å²) in [5.41, 5.74) is 6.68. The molecule has 0 radical (unpaired) electrons. The van der Waals surface area contributed by atoms with Gasteiger partial charge in [-0.2, -0.15) is 0 Å². The van der Waals surface area contributed by atoms with E-state index in [1.165, 1.54) is 0 Å². The Morgan fingerprint density at radius 1 is 0.500 bits per heavy atom. The fourth-order valence-electron chi connectivity index (χ4n) is 5.84. The minimum absolute atomic E-state index is 0.320. The lowest BCUT2D eigenvalue weighted by Crippen LogP contribution is -2.02. The lowest BCUT2D eigenvalue weighted by Gasteiger charge is -2.11. The van der Waals surface area contributed by atoms with Crippen LogP contribution in [0.5, 0.6) is 23.0 Å². The molecule has 48 heavy (non-hydrogen) atoms. The Hall–Kier alpha value is -6.34. The molecule has 0 N–H and O–H groups in total. The topological polar surface area (TPSA) is 75.0 Å². The van der Waals surface area contributed by atoms with E-state index in [0.717, 1.165) is 61.4 Å². The number of ether oxygens (including phenoxy) is 2. The van der Waals surface area contributed by atoms with Gasteiger partial charge in [0.05, 0.1) is 22.4 Å². The average Bonchev–Trinajstić information content (AvgIpc) is 3.45. The Bertz CT molecular complexity index is 2230. The third kappa shape index (κ3) is 5.74. The number of nitrogens with zero attached hydrogens (tertiary/aromatic N) is 5. The van der Waals surface area contributed by atoms with E-state index in [1.54, 1.807) is 12.4 Å². The highest BCUT2D eigenvalue weighted by Gasteiger charge is 2.17. The lowest BCUT2D eigenvalue weighted by molar-refractivity contribution is 0.483. The normalized spacial score (nSPS) is 11.3. The van der Waals surface area contributed by atoms with Gasteiger partial charge in [0.15, 0.2) is 0 Å². The number of aromatic nitrogens is 5. The van der Waals surface area contributed by atoms with Crippen LogP contribution in [0.1, 0.15) is 25.3 Å². The molecule has 0 aliphatic carbocycles. The van der Waals surface area contributed by atoms with Crippen LogP contribution in [0.15, 0.2) is 146 Å². The molecule has 0 spiro atoms. The van der Waals surface area contributed by atoms with Gasteiger partial charge in [0.25, 0.3) is 0 Å². The van der Waals surface area contributed by atoms with Crippen molar-refractivity contribution in [2.75, 3.05) is 0 Å². The van der Waals surface area contributed by atoms with Crippen molar-refractivity contribution in [3.05, 3.63) is 152 Å². The predicted molar refractivity (Wildman–Crippen MR) is 190 cm³/mol. The van der Waals surface area contributed by atoms with Crippen LogP contribution in [-0.2, 0) is 0 Å². The summed E-state index contributed by atoms with van der Waals surface area (Å²) >= 11 is 0. The highest BCUT2D eigenvalue weighted by Crippen LogP contribution is 2.38. The molecule has 0 atom stereocenters. The molecular formula is C41H31N5O2.